The molecule has 1 saturated carbocycles. The average Bonchev–Trinajstić information content (AvgIpc) is 2.78. The third kappa shape index (κ3) is 2.06. The lowest BCUT2D eigenvalue weighted by atomic mass is 10.1. The van der Waals surface area contributed by atoms with E-state index in [1.165, 1.54) is 0 Å². The molecule has 0 saturated heterocycles. The van der Waals surface area contributed by atoms with Gasteiger partial charge in [-0.15, -0.1) is 12.3 Å². The van der Waals surface area contributed by atoms with E-state index in [1.54, 1.807) is 0 Å². The zero-order chi connectivity index (χ0) is 8.27. The summed E-state index contributed by atoms with van der Waals surface area (Å²) in [5.74, 6) is 3.47. The molecular formula is C9H13NO. The maximum Gasteiger partial charge on any atom is 0.137 e. The lowest BCUT2D eigenvalue weighted by Gasteiger charge is -1.93. The highest BCUT2D eigenvalue weighted by molar-refractivity contribution is 5.83. The van der Waals surface area contributed by atoms with Gasteiger partial charge in [-0.25, -0.2) is 0 Å². The molecule has 1 rings (SSSR count). The molecule has 2 atom stereocenters. The summed E-state index contributed by atoms with van der Waals surface area (Å²) >= 11 is 0. The standard InChI is InChI=1S/C9H13NO/c1-2-3-4-9(11)8-5-7(8)6-10/h1,7-8H,3-6,10H2. The lowest BCUT2D eigenvalue weighted by Crippen LogP contribution is -2.08. The highest BCUT2D eigenvalue weighted by Crippen LogP contribution is 2.38. The van der Waals surface area contributed by atoms with E-state index in [2.05, 4.69) is 5.92 Å². The van der Waals surface area contributed by atoms with Gasteiger partial charge in [0.15, 0.2) is 0 Å². The molecule has 0 aromatic carbocycles. The van der Waals surface area contributed by atoms with Gasteiger partial charge in [0.2, 0.25) is 0 Å². The zero-order valence-corrected chi connectivity index (χ0v) is 6.55. The van der Waals surface area contributed by atoms with Gasteiger partial charge in [-0.1, -0.05) is 0 Å². The Morgan fingerprint density at radius 2 is 2.45 bits per heavy atom. The topological polar surface area (TPSA) is 43.1 Å². The average molecular weight is 151 g/mol. The van der Waals surface area contributed by atoms with Crippen molar-refractivity contribution in [2.75, 3.05) is 6.54 Å². The van der Waals surface area contributed by atoms with Crippen LogP contribution in [0.3, 0.4) is 0 Å². The van der Waals surface area contributed by atoms with Gasteiger partial charge in [0.1, 0.15) is 5.78 Å². The van der Waals surface area contributed by atoms with Crippen molar-refractivity contribution in [3.63, 3.8) is 0 Å². The molecule has 2 N–H and O–H groups in total. The number of hydrogen-bond donors (Lipinski definition) is 1. The molecule has 11 heavy (non-hydrogen) atoms. The number of Topliss-reactive ketones (excluding diaryl/α,β-unsaturated/α-hetero) is 1. The normalized spacial score (nSPS) is 27.6. The Balaban J connectivity index is 2.18. The van der Waals surface area contributed by atoms with Gasteiger partial charge in [0.25, 0.3) is 0 Å². The Morgan fingerprint density at radius 1 is 1.73 bits per heavy atom. The van der Waals surface area contributed by atoms with Crippen molar-refractivity contribution in [1.82, 2.24) is 0 Å². The Labute approximate surface area is 67.2 Å². The van der Waals surface area contributed by atoms with Crippen LogP contribution in [0.5, 0.6) is 0 Å². The summed E-state index contributed by atoms with van der Waals surface area (Å²) in [6.45, 7) is 0.645. The summed E-state index contributed by atoms with van der Waals surface area (Å²) in [4.78, 5) is 11.2. The molecule has 0 heterocycles. The second-order valence-electron chi connectivity index (χ2n) is 3.01. The molecule has 0 bridgehead atoms. The highest BCUT2D eigenvalue weighted by atomic mass is 16.1. The summed E-state index contributed by atoms with van der Waals surface area (Å²) in [5, 5.41) is 0. The van der Waals surface area contributed by atoms with Crippen LogP contribution < -0.4 is 5.73 Å². The van der Waals surface area contributed by atoms with Gasteiger partial charge in [-0.3, -0.25) is 4.79 Å². The van der Waals surface area contributed by atoms with Crippen LogP contribution in [-0.4, -0.2) is 12.3 Å². The first-order valence-corrected chi connectivity index (χ1v) is 3.95. The molecule has 0 spiro atoms. The van der Waals surface area contributed by atoms with Crippen LogP contribution in [0.4, 0.5) is 0 Å². The Hall–Kier alpha value is -0.810. The smallest absolute Gasteiger partial charge is 0.137 e. The summed E-state index contributed by atoms with van der Waals surface area (Å²) < 4.78 is 0. The van der Waals surface area contributed by atoms with Gasteiger partial charge in [0.05, 0.1) is 0 Å². The maximum atomic E-state index is 11.2. The van der Waals surface area contributed by atoms with E-state index in [9.17, 15) is 4.79 Å². The largest absolute Gasteiger partial charge is 0.330 e. The quantitative estimate of drug-likeness (QED) is 0.597. The number of carbonyl (C=O) groups is 1. The Morgan fingerprint density at radius 3 is 2.91 bits per heavy atom. The molecule has 60 valence electrons. The summed E-state index contributed by atoms with van der Waals surface area (Å²) in [5.41, 5.74) is 5.40. The monoisotopic (exact) mass is 151 g/mol. The van der Waals surface area contributed by atoms with Crippen molar-refractivity contribution in [1.29, 1.82) is 0 Å². The van der Waals surface area contributed by atoms with Crippen molar-refractivity contribution >= 4 is 5.78 Å². The summed E-state index contributed by atoms with van der Waals surface area (Å²) in [7, 11) is 0. The molecule has 2 heteroatoms. The second kappa shape index (κ2) is 3.54. The first kappa shape index (κ1) is 8.29. The summed E-state index contributed by atoms with van der Waals surface area (Å²) in [6.07, 6.45) is 7.14. The zero-order valence-electron chi connectivity index (χ0n) is 6.55. The fourth-order valence-electron chi connectivity index (χ4n) is 1.28. The van der Waals surface area contributed by atoms with Crippen molar-refractivity contribution in [3.05, 3.63) is 0 Å². The minimum atomic E-state index is 0.244. The van der Waals surface area contributed by atoms with Crippen molar-refractivity contribution in [2.24, 2.45) is 17.6 Å². The van der Waals surface area contributed by atoms with Gasteiger partial charge >= 0.3 is 0 Å². The van der Waals surface area contributed by atoms with E-state index in [0.29, 0.717) is 31.1 Å². The van der Waals surface area contributed by atoms with Crippen LogP contribution in [0.2, 0.25) is 0 Å². The van der Waals surface area contributed by atoms with Crippen molar-refractivity contribution < 1.29 is 4.79 Å². The Bertz CT molecular complexity index is 192. The fraction of sp³-hybridized carbons (Fsp3) is 0.667. The molecule has 0 aliphatic heterocycles. The lowest BCUT2D eigenvalue weighted by molar-refractivity contribution is -0.120. The van der Waals surface area contributed by atoms with Crippen LogP contribution in [0, 0.1) is 24.2 Å². The molecule has 0 aromatic rings. The van der Waals surface area contributed by atoms with E-state index in [0.717, 1.165) is 6.42 Å². The first-order chi connectivity index (χ1) is 5.29. The van der Waals surface area contributed by atoms with Crippen LogP contribution >= 0.6 is 0 Å². The number of carbonyl (C=O) groups excluding carboxylic acids is 1. The van der Waals surface area contributed by atoms with E-state index < -0.39 is 0 Å². The molecule has 1 fully saturated rings. The third-order valence-electron chi connectivity index (χ3n) is 2.15. The van der Waals surface area contributed by atoms with Crippen molar-refractivity contribution in [2.45, 2.75) is 19.3 Å². The van der Waals surface area contributed by atoms with Crippen LogP contribution in [-0.2, 0) is 4.79 Å². The van der Waals surface area contributed by atoms with Crippen molar-refractivity contribution in [3.8, 4) is 12.3 Å². The second-order valence-corrected chi connectivity index (χ2v) is 3.01. The molecule has 2 unspecified atom stereocenters. The minimum absolute atomic E-state index is 0.244. The fourth-order valence-corrected chi connectivity index (χ4v) is 1.28. The highest BCUT2D eigenvalue weighted by Gasteiger charge is 2.40. The molecule has 0 radical (unpaired) electrons. The van der Waals surface area contributed by atoms with E-state index >= 15 is 0 Å². The number of ketones is 1. The molecule has 0 aromatic heterocycles. The van der Waals surface area contributed by atoms with Crippen LogP contribution in [0.15, 0.2) is 0 Å². The predicted molar refractivity (Wildman–Crippen MR) is 43.7 cm³/mol. The number of hydrogen-bond acceptors (Lipinski definition) is 2. The number of nitrogens with two attached hydrogens (primary N) is 1. The number of rotatable bonds is 4. The molecular weight excluding hydrogens is 138 g/mol. The number of terminal acetylenes is 1. The minimum Gasteiger partial charge on any atom is -0.330 e. The Kier molecular flexibility index (Phi) is 2.67. The van der Waals surface area contributed by atoms with Crippen LogP contribution in [0.25, 0.3) is 0 Å². The van der Waals surface area contributed by atoms with Gasteiger partial charge in [-0.05, 0) is 18.9 Å². The van der Waals surface area contributed by atoms with Crippen LogP contribution in [0.1, 0.15) is 19.3 Å². The van der Waals surface area contributed by atoms with Gasteiger partial charge < -0.3 is 5.73 Å². The van der Waals surface area contributed by atoms with E-state index in [1.807, 2.05) is 0 Å². The molecule has 0 amide bonds. The van der Waals surface area contributed by atoms with Gasteiger partial charge in [-0.2, -0.15) is 0 Å². The molecule has 1 aliphatic carbocycles. The molecule has 1 aliphatic rings. The van der Waals surface area contributed by atoms with E-state index in [4.69, 9.17) is 12.2 Å². The third-order valence-corrected chi connectivity index (χ3v) is 2.15. The van der Waals surface area contributed by atoms with Gasteiger partial charge in [0, 0.05) is 18.8 Å². The van der Waals surface area contributed by atoms with E-state index in [-0.39, 0.29) is 5.92 Å². The SMILES string of the molecule is C#CCCC(=O)C1CC1CN. The first-order valence-electron chi connectivity index (χ1n) is 3.95. The summed E-state index contributed by atoms with van der Waals surface area (Å²) in [6, 6.07) is 0. The molecule has 2 nitrogen and oxygen atoms in total. The maximum absolute atomic E-state index is 11.2. The predicted octanol–water partition coefficient (Wildman–Crippen LogP) is 0.564.